The van der Waals surface area contributed by atoms with Crippen molar-refractivity contribution in [2.24, 2.45) is 0 Å². The molecule has 0 aliphatic rings. The molecule has 6 heteroatoms. The number of hydrogen-bond donors (Lipinski definition) is 1. The third-order valence-corrected chi connectivity index (χ3v) is 3.22. The van der Waals surface area contributed by atoms with Crippen LogP contribution in [0.15, 0.2) is 0 Å². The molecule has 0 aliphatic heterocycles. The first-order valence-corrected chi connectivity index (χ1v) is 7.85. The quantitative estimate of drug-likeness (QED) is 0.234. The van der Waals surface area contributed by atoms with Crippen LogP contribution in [-0.2, 0) is 25.0 Å². The molecule has 0 saturated heterocycles. The first-order chi connectivity index (χ1) is 9.91. The SMILES string of the molecule is CCCCCCCCCCCCCCOOOOOO. The highest BCUT2D eigenvalue weighted by atomic mass is 17.8. The van der Waals surface area contributed by atoms with E-state index in [1.807, 2.05) is 0 Å². The highest BCUT2D eigenvalue weighted by Gasteiger charge is 1.95. The zero-order valence-corrected chi connectivity index (χ0v) is 12.7. The minimum Gasteiger partial charge on any atom is -0.219 e. The normalized spacial score (nSPS) is 11.1. The summed E-state index contributed by atoms with van der Waals surface area (Å²) in [6.45, 7) is 2.67. The van der Waals surface area contributed by atoms with Gasteiger partial charge in [0, 0.05) is 0 Å². The van der Waals surface area contributed by atoms with Crippen molar-refractivity contribution < 1.29 is 30.3 Å². The molecule has 0 bridgehead atoms. The fourth-order valence-electron chi connectivity index (χ4n) is 2.08. The van der Waals surface area contributed by atoms with Crippen LogP contribution in [0.1, 0.15) is 84.0 Å². The smallest absolute Gasteiger partial charge is 0.0855 e. The van der Waals surface area contributed by atoms with Crippen molar-refractivity contribution in [3.63, 3.8) is 0 Å². The van der Waals surface area contributed by atoms with E-state index in [0.717, 1.165) is 12.8 Å². The van der Waals surface area contributed by atoms with Crippen molar-refractivity contribution in [2.45, 2.75) is 84.0 Å². The maximum atomic E-state index is 7.70. The van der Waals surface area contributed by atoms with Crippen LogP contribution in [0, 0.1) is 0 Å². The third kappa shape index (κ3) is 17.8. The van der Waals surface area contributed by atoms with Gasteiger partial charge >= 0.3 is 0 Å². The Hall–Kier alpha value is -0.240. The van der Waals surface area contributed by atoms with Gasteiger partial charge < -0.3 is 0 Å². The Labute approximate surface area is 121 Å². The fraction of sp³-hybridized carbons (Fsp3) is 1.00. The summed E-state index contributed by atoms with van der Waals surface area (Å²) in [5.74, 6) is 0. The molecule has 0 heterocycles. The molecule has 0 amide bonds. The van der Waals surface area contributed by atoms with E-state index >= 15 is 0 Å². The molecule has 0 rings (SSSR count). The van der Waals surface area contributed by atoms with Crippen molar-refractivity contribution >= 4 is 0 Å². The van der Waals surface area contributed by atoms with Crippen molar-refractivity contribution in [2.75, 3.05) is 6.61 Å². The molecule has 0 atom stereocenters. The Morgan fingerprint density at radius 3 is 1.60 bits per heavy atom. The summed E-state index contributed by atoms with van der Waals surface area (Å²) < 4.78 is 0. The average Bonchev–Trinajstić information content (AvgIpc) is 2.47. The van der Waals surface area contributed by atoms with Crippen LogP contribution in [0.4, 0.5) is 0 Å². The van der Waals surface area contributed by atoms with Gasteiger partial charge in [-0.3, -0.25) is 0 Å². The van der Waals surface area contributed by atoms with Gasteiger partial charge in [-0.05, 0) is 26.6 Å². The van der Waals surface area contributed by atoms with Crippen molar-refractivity contribution in [1.29, 1.82) is 0 Å². The van der Waals surface area contributed by atoms with Crippen LogP contribution in [0.3, 0.4) is 0 Å². The van der Waals surface area contributed by atoms with Crippen LogP contribution in [0.5, 0.6) is 0 Å². The van der Waals surface area contributed by atoms with Gasteiger partial charge in [-0.1, -0.05) is 77.6 Å². The standard InChI is InChI=1S/C14H30O6/c1-2-3-4-5-6-7-8-9-10-11-12-13-14-16-18-20-19-17-15/h15H,2-14H2,1H3. The molecule has 0 spiro atoms. The molecule has 0 aromatic carbocycles. The maximum absolute atomic E-state index is 7.70. The van der Waals surface area contributed by atoms with Crippen molar-refractivity contribution in [3.8, 4) is 0 Å². The number of unbranched alkanes of at least 4 members (excludes halogenated alkanes) is 11. The average molecular weight is 294 g/mol. The van der Waals surface area contributed by atoms with Gasteiger partial charge in [0.15, 0.2) is 0 Å². The summed E-state index contributed by atoms with van der Waals surface area (Å²) in [6.07, 6.45) is 15.5. The van der Waals surface area contributed by atoms with E-state index in [4.69, 9.17) is 5.26 Å². The lowest BCUT2D eigenvalue weighted by Crippen LogP contribution is -1.99. The van der Waals surface area contributed by atoms with Crippen LogP contribution in [0.2, 0.25) is 0 Å². The molecule has 0 aromatic rings. The van der Waals surface area contributed by atoms with Crippen LogP contribution in [0.25, 0.3) is 0 Å². The predicted octanol–water partition coefficient (Wildman–Crippen LogP) is 4.90. The van der Waals surface area contributed by atoms with E-state index in [1.165, 1.54) is 64.2 Å². The van der Waals surface area contributed by atoms with E-state index in [9.17, 15) is 0 Å². The molecule has 0 unspecified atom stereocenters. The zero-order valence-electron chi connectivity index (χ0n) is 12.7. The monoisotopic (exact) mass is 294 g/mol. The summed E-state index contributed by atoms with van der Waals surface area (Å²) in [5, 5.41) is 22.2. The molecule has 1 N–H and O–H groups in total. The van der Waals surface area contributed by atoms with Crippen LogP contribution < -0.4 is 0 Å². The Kier molecular flexibility index (Phi) is 18.5. The topological polar surface area (TPSA) is 66.4 Å². The van der Waals surface area contributed by atoms with E-state index in [1.54, 1.807) is 0 Å². The molecule has 0 radical (unpaired) electrons. The second kappa shape index (κ2) is 18.8. The van der Waals surface area contributed by atoms with E-state index in [-0.39, 0.29) is 0 Å². The van der Waals surface area contributed by atoms with Gasteiger partial charge in [-0.15, -0.1) is 0 Å². The van der Waals surface area contributed by atoms with Crippen molar-refractivity contribution in [1.82, 2.24) is 0 Å². The highest BCUT2D eigenvalue weighted by Crippen LogP contribution is 2.11. The second-order valence-electron chi connectivity index (χ2n) is 4.99. The number of hydrogen-bond acceptors (Lipinski definition) is 6. The predicted molar refractivity (Wildman–Crippen MR) is 74.0 cm³/mol. The summed E-state index contributed by atoms with van der Waals surface area (Å²) in [7, 11) is 0. The Balaban J connectivity index is 2.89. The first-order valence-electron chi connectivity index (χ1n) is 7.85. The Bertz CT molecular complexity index is 150. The molecule has 0 fully saturated rings. The van der Waals surface area contributed by atoms with Crippen LogP contribution >= 0.6 is 0 Å². The largest absolute Gasteiger partial charge is 0.219 e. The minimum absolute atomic E-state index is 0.423. The van der Waals surface area contributed by atoms with Gasteiger partial charge in [-0.2, -0.15) is 0 Å². The lowest BCUT2D eigenvalue weighted by molar-refractivity contribution is -0.753. The van der Waals surface area contributed by atoms with Gasteiger partial charge in [0.25, 0.3) is 0 Å². The molecule has 6 nitrogen and oxygen atoms in total. The summed E-state index contributed by atoms with van der Waals surface area (Å²) >= 11 is 0. The molecule has 0 aliphatic carbocycles. The van der Waals surface area contributed by atoms with Gasteiger partial charge in [0.05, 0.1) is 6.61 Å². The summed E-state index contributed by atoms with van der Waals surface area (Å²) in [5.41, 5.74) is 0. The summed E-state index contributed by atoms with van der Waals surface area (Å²) in [6, 6.07) is 0. The van der Waals surface area contributed by atoms with E-state index in [0.29, 0.717) is 6.61 Å². The second-order valence-corrected chi connectivity index (χ2v) is 4.99. The molecule has 20 heavy (non-hydrogen) atoms. The van der Waals surface area contributed by atoms with Gasteiger partial charge in [0.1, 0.15) is 0 Å². The molecule has 0 aromatic heterocycles. The Morgan fingerprint density at radius 2 is 1.10 bits per heavy atom. The van der Waals surface area contributed by atoms with E-state index in [2.05, 4.69) is 32.0 Å². The first kappa shape index (κ1) is 19.8. The number of rotatable bonds is 17. The molecular formula is C14H30O6. The molecular weight excluding hydrogens is 264 g/mol. The van der Waals surface area contributed by atoms with E-state index < -0.39 is 0 Å². The third-order valence-electron chi connectivity index (χ3n) is 3.22. The lowest BCUT2D eigenvalue weighted by atomic mass is 10.1. The highest BCUT2D eigenvalue weighted by molar-refractivity contribution is 4.48. The fourth-order valence-corrected chi connectivity index (χ4v) is 2.08. The van der Waals surface area contributed by atoms with Crippen LogP contribution in [-0.4, -0.2) is 11.9 Å². The lowest BCUT2D eigenvalue weighted by Gasteiger charge is -2.02. The van der Waals surface area contributed by atoms with Gasteiger partial charge in [0.2, 0.25) is 0 Å². The van der Waals surface area contributed by atoms with Gasteiger partial charge in [-0.25, -0.2) is 10.1 Å². The molecule has 0 saturated carbocycles. The Morgan fingerprint density at radius 1 is 0.600 bits per heavy atom. The summed E-state index contributed by atoms with van der Waals surface area (Å²) in [4.78, 5) is 4.59. The minimum atomic E-state index is 0.423. The van der Waals surface area contributed by atoms with Crippen molar-refractivity contribution in [3.05, 3.63) is 0 Å². The maximum Gasteiger partial charge on any atom is 0.0855 e. The zero-order chi connectivity index (χ0) is 14.7. The molecule has 122 valence electrons.